The largest absolute Gasteiger partial charge is 0.480 e. The Kier molecular flexibility index (Phi) is 2.59. The van der Waals surface area contributed by atoms with Crippen LogP contribution < -0.4 is 5.32 Å². The average molecular weight is 212 g/mol. The third-order valence-electron chi connectivity index (χ3n) is 2.21. The van der Waals surface area contributed by atoms with Crippen molar-refractivity contribution in [2.24, 2.45) is 0 Å². The van der Waals surface area contributed by atoms with E-state index in [1.54, 1.807) is 0 Å². The van der Waals surface area contributed by atoms with Crippen molar-refractivity contribution >= 4 is 12.0 Å². The minimum Gasteiger partial charge on any atom is -0.480 e. The quantitative estimate of drug-likeness (QED) is 0.764. The maximum atomic E-state index is 10.6. The number of carboxylic acid groups (broad SMARTS) is 1. The van der Waals surface area contributed by atoms with Gasteiger partial charge in [-0.2, -0.15) is 4.98 Å². The van der Waals surface area contributed by atoms with Crippen molar-refractivity contribution in [3.63, 3.8) is 0 Å². The molecule has 1 aliphatic heterocycles. The first-order chi connectivity index (χ1) is 7.16. The molecule has 0 aliphatic carbocycles. The molecule has 0 bridgehead atoms. The number of rotatable bonds is 3. The lowest BCUT2D eigenvalue weighted by molar-refractivity contribution is -0.137. The molecule has 0 spiro atoms. The van der Waals surface area contributed by atoms with Gasteiger partial charge < -0.3 is 19.6 Å². The van der Waals surface area contributed by atoms with Crippen LogP contribution in [0.2, 0.25) is 0 Å². The van der Waals surface area contributed by atoms with Crippen molar-refractivity contribution in [3.8, 4) is 0 Å². The van der Waals surface area contributed by atoms with Crippen LogP contribution in [0, 0.1) is 0 Å². The fourth-order valence-corrected chi connectivity index (χ4v) is 1.33. The zero-order valence-corrected chi connectivity index (χ0v) is 8.32. The molecular formula is C9H12N2O4. The number of carbonyl (C=O) groups is 1. The molecular weight excluding hydrogens is 200 g/mol. The molecule has 1 aliphatic rings. The first-order valence-corrected chi connectivity index (χ1v) is 4.72. The number of aliphatic carboxylic acids is 1. The van der Waals surface area contributed by atoms with E-state index in [0.29, 0.717) is 25.4 Å². The molecule has 2 heterocycles. The molecule has 2 N–H and O–H groups in total. The van der Waals surface area contributed by atoms with Gasteiger partial charge in [0, 0.05) is 6.42 Å². The van der Waals surface area contributed by atoms with Crippen molar-refractivity contribution in [3.05, 3.63) is 11.5 Å². The van der Waals surface area contributed by atoms with E-state index in [0.717, 1.165) is 5.69 Å². The summed E-state index contributed by atoms with van der Waals surface area (Å²) in [5, 5.41) is 11.4. The fraction of sp³-hybridized carbons (Fsp3) is 0.556. The normalized spacial score (nSPS) is 16.9. The van der Waals surface area contributed by atoms with Crippen molar-refractivity contribution < 1.29 is 19.1 Å². The Labute approximate surface area is 86.2 Å². The highest BCUT2D eigenvalue weighted by Gasteiger charge is 2.19. The maximum Gasteiger partial charge on any atom is 0.325 e. The zero-order chi connectivity index (χ0) is 10.8. The van der Waals surface area contributed by atoms with Gasteiger partial charge >= 0.3 is 5.97 Å². The average Bonchev–Trinajstić information content (AvgIpc) is 2.59. The van der Waals surface area contributed by atoms with E-state index in [4.69, 9.17) is 14.3 Å². The SMILES string of the molecule is CC(Nc1nc2c(o1)COCC2)C(=O)O. The number of hydrogen-bond acceptors (Lipinski definition) is 5. The van der Waals surface area contributed by atoms with Crippen LogP contribution in [0.1, 0.15) is 18.4 Å². The first kappa shape index (κ1) is 9.97. The molecule has 15 heavy (non-hydrogen) atoms. The summed E-state index contributed by atoms with van der Waals surface area (Å²) < 4.78 is 10.5. The molecule has 0 amide bonds. The predicted molar refractivity (Wildman–Crippen MR) is 50.6 cm³/mol. The molecule has 2 rings (SSSR count). The summed E-state index contributed by atoms with van der Waals surface area (Å²) >= 11 is 0. The number of oxazole rings is 1. The minimum atomic E-state index is -0.942. The molecule has 0 saturated carbocycles. The van der Waals surface area contributed by atoms with Crippen LogP contribution in [0.4, 0.5) is 6.01 Å². The Morgan fingerprint density at radius 2 is 2.47 bits per heavy atom. The van der Waals surface area contributed by atoms with Gasteiger partial charge in [0.15, 0.2) is 5.76 Å². The Balaban J connectivity index is 2.09. The molecule has 0 fully saturated rings. The predicted octanol–water partition coefficient (Wildman–Crippen LogP) is 0.632. The van der Waals surface area contributed by atoms with E-state index in [1.165, 1.54) is 6.92 Å². The van der Waals surface area contributed by atoms with Crippen LogP contribution in [-0.4, -0.2) is 28.7 Å². The summed E-state index contributed by atoms with van der Waals surface area (Å²) in [4.78, 5) is 14.7. The van der Waals surface area contributed by atoms with Crippen molar-refractivity contribution in [2.45, 2.75) is 26.0 Å². The second kappa shape index (κ2) is 3.90. The summed E-state index contributed by atoms with van der Waals surface area (Å²) in [6, 6.07) is -0.466. The molecule has 1 aromatic rings. The number of nitrogens with one attached hydrogen (secondary N) is 1. The smallest absolute Gasteiger partial charge is 0.325 e. The molecule has 6 heteroatoms. The van der Waals surface area contributed by atoms with E-state index in [-0.39, 0.29) is 6.01 Å². The third-order valence-corrected chi connectivity index (χ3v) is 2.21. The summed E-state index contributed by atoms with van der Waals surface area (Å²) in [6.45, 7) is 2.57. The standard InChI is InChI=1S/C9H12N2O4/c1-5(8(12)13)10-9-11-6-2-3-14-4-7(6)15-9/h5H,2-4H2,1H3,(H,10,11)(H,12,13). The van der Waals surface area contributed by atoms with Crippen LogP contribution >= 0.6 is 0 Å². The summed E-state index contributed by atoms with van der Waals surface area (Å²) in [5.74, 6) is -0.260. The van der Waals surface area contributed by atoms with Gasteiger partial charge in [0.1, 0.15) is 12.6 Å². The van der Waals surface area contributed by atoms with Crippen molar-refractivity contribution in [1.82, 2.24) is 4.98 Å². The number of nitrogens with zero attached hydrogens (tertiary/aromatic N) is 1. The van der Waals surface area contributed by atoms with Crippen molar-refractivity contribution in [1.29, 1.82) is 0 Å². The van der Waals surface area contributed by atoms with E-state index >= 15 is 0 Å². The molecule has 1 aromatic heterocycles. The number of fused-ring (bicyclic) bond motifs is 1. The van der Waals surface area contributed by atoms with Gasteiger partial charge in [0.2, 0.25) is 0 Å². The molecule has 0 aromatic carbocycles. The van der Waals surface area contributed by atoms with Crippen LogP contribution in [0.5, 0.6) is 0 Å². The Bertz CT molecular complexity index is 351. The molecule has 1 unspecified atom stereocenters. The third kappa shape index (κ3) is 2.10. The monoisotopic (exact) mass is 212 g/mol. The van der Waals surface area contributed by atoms with E-state index in [1.807, 2.05) is 0 Å². The summed E-state index contributed by atoms with van der Waals surface area (Å²) in [5.41, 5.74) is 0.848. The molecule has 6 nitrogen and oxygen atoms in total. The summed E-state index contributed by atoms with van der Waals surface area (Å²) in [6.07, 6.45) is 0.710. The van der Waals surface area contributed by atoms with Gasteiger partial charge in [-0.25, -0.2) is 0 Å². The van der Waals surface area contributed by atoms with Gasteiger partial charge in [-0.15, -0.1) is 0 Å². The highest BCUT2D eigenvalue weighted by Crippen LogP contribution is 2.20. The molecule has 0 saturated heterocycles. The van der Waals surface area contributed by atoms with Crippen molar-refractivity contribution in [2.75, 3.05) is 11.9 Å². The van der Waals surface area contributed by atoms with Gasteiger partial charge in [0.25, 0.3) is 6.01 Å². The van der Waals surface area contributed by atoms with Crippen LogP contribution in [0.15, 0.2) is 4.42 Å². The Morgan fingerprint density at radius 3 is 3.13 bits per heavy atom. The van der Waals surface area contributed by atoms with Gasteiger partial charge in [-0.1, -0.05) is 0 Å². The Hall–Kier alpha value is -1.56. The second-order valence-corrected chi connectivity index (χ2v) is 3.40. The lowest BCUT2D eigenvalue weighted by atomic mass is 10.2. The number of aromatic nitrogens is 1. The van der Waals surface area contributed by atoms with E-state index < -0.39 is 12.0 Å². The van der Waals surface area contributed by atoms with Crippen LogP contribution in [0.3, 0.4) is 0 Å². The lowest BCUT2D eigenvalue weighted by Gasteiger charge is -2.07. The van der Waals surface area contributed by atoms with Gasteiger partial charge in [0.05, 0.1) is 12.3 Å². The molecule has 0 radical (unpaired) electrons. The van der Waals surface area contributed by atoms with Gasteiger partial charge in [-0.3, -0.25) is 4.79 Å². The maximum absolute atomic E-state index is 10.6. The number of carboxylic acids is 1. The van der Waals surface area contributed by atoms with Crippen LogP contribution in [-0.2, 0) is 22.6 Å². The number of ether oxygens (including phenoxy) is 1. The summed E-state index contributed by atoms with van der Waals surface area (Å²) in [7, 11) is 0. The van der Waals surface area contributed by atoms with Crippen LogP contribution in [0.25, 0.3) is 0 Å². The topological polar surface area (TPSA) is 84.6 Å². The molecule has 82 valence electrons. The highest BCUT2D eigenvalue weighted by molar-refractivity contribution is 5.75. The first-order valence-electron chi connectivity index (χ1n) is 4.72. The second-order valence-electron chi connectivity index (χ2n) is 3.40. The minimum absolute atomic E-state index is 0.250. The van der Waals surface area contributed by atoms with E-state index in [2.05, 4.69) is 10.3 Å². The molecule has 1 atom stereocenters. The van der Waals surface area contributed by atoms with E-state index in [9.17, 15) is 4.79 Å². The number of hydrogen-bond donors (Lipinski definition) is 2. The highest BCUT2D eigenvalue weighted by atomic mass is 16.5. The zero-order valence-electron chi connectivity index (χ0n) is 8.32. The van der Waals surface area contributed by atoms with Gasteiger partial charge in [-0.05, 0) is 6.92 Å². The number of anilines is 1. The fourth-order valence-electron chi connectivity index (χ4n) is 1.33. The Morgan fingerprint density at radius 1 is 1.67 bits per heavy atom. The lowest BCUT2D eigenvalue weighted by Crippen LogP contribution is -2.25.